The molecule has 0 spiro atoms. The Morgan fingerprint density at radius 1 is 1.14 bits per heavy atom. The van der Waals surface area contributed by atoms with Gasteiger partial charge < -0.3 is 9.47 Å². The topological polar surface area (TPSA) is 35.5 Å². The third kappa shape index (κ3) is 4.10. The molecule has 0 aliphatic heterocycles. The van der Waals surface area contributed by atoms with Crippen molar-refractivity contribution in [1.29, 1.82) is 0 Å². The minimum absolute atomic E-state index is 0.259. The number of hydrogen-bond acceptors (Lipinski definition) is 3. The van der Waals surface area contributed by atoms with E-state index >= 15 is 0 Å². The summed E-state index contributed by atoms with van der Waals surface area (Å²) in [6.45, 7) is 6.21. The van der Waals surface area contributed by atoms with Crippen molar-refractivity contribution in [2.45, 2.75) is 33.8 Å². The molecule has 0 bridgehead atoms. The first-order chi connectivity index (χ1) is 10.5. The number of esters is 1. The van der Waals surface area contributed by atoms with Crippen LogP contribution in [-0.2, 0) is 11.4 Å². The zero-order valence-corrected chi connectivity index (χ0v) is 14.6. The normalized spacial score (nSPS) is 10.4. The predicted octanol–water partition coefficient (Wildman–Crippen LogP) is 4.96. The second kappa shape index (κ2) is 7.45. The predicted molar refractivity (Wildman–Crippen MR) is 90.3 cm³/mol. The molecule has 22 heavy (non-hydrogen) atoms. The number of carbonyl (C=O) groups is 1. The van der Waals surface area contributed by atoms with E-state index < -0.39 is 0 Å². The van der Waals surface area contributed by atoms with Crippen molar-refractivity contribution in [1.82, 2.24) is 0 Å². The molecule has 0 atom stereocenters. The smallest absolute Gasteiger partial charge is 0.310 e. The highest BCUT2D eigenvalue weighted by Crippen LogP contribution is 2.29. The third-order valence-corrected chi connectivity index (χ3v) is 4.19. The van der Waals surface area contributed by atoms with Gasteiger partial charge in [-0.25, -0.2) is 0 Å². The van der Waals surface area contributed by atoms with Crippen LogP contribution in [0.25, 0.3) is 0 Å². The summed E-state index contributed by atoms with van der Waals surface area (Å²) in [5.74, 6) is 1.07. The molecule has 0 unspecified atom stereocenters. The lowest BCUT2D eigenvalue weighted by molar-refractivity contribution is -0.134. The SMILES string of the molecule is CCC(=O)Oc1cccc(Br)c1COc1ccc(C)c(C)c1. The Hall–Kier alpha value is -1.81. The highest BCUT2D eigenvalue weighted by molar-refractivity contribution is 9.10. The first kappa shape index (κ1) is 16.6. The van der Waals surface area contributed by atoms with Crippen molar-refractivity contribution >= 4 is 21.9 Å². The van der Waals surface area contributed by atoms with Crippen molar-refractivity contribution in [3.63, 3.8) is 0 Å². The summed E-state index contributed by atoms with van der Waals surface area (Å²) in [6, 6.07) is 11.5. The Bertz CT molecular complexity index is 680. The standard InChI is InChI=1S/C18H19BrO3/c1-4-18(20)22-17-7-5-6-16(19)15(17)11-21-14-9-8-12(2)13(3)10-14/h5-10H,4,11H2,1-3H3. The van der Waals surface area contributed by atoms with Crippen LogP contribution in [0.1, 0.15) is 30.0 Å². The average Bonchev–Trinajstić information content (AvgIpc) is 2.50. The van der Waals surface area contributed by atoms with E-state index in [1.807, 2.05) is 30.3 Å². The van der Waals surface area contributed by atoms with E-state index in [0.29, 0.717) is 18.8 Å². The molecule has 0 amide bonds. The van der Waals surface area contributed by atoms with Crippen LogP contribution >= 0.6 is 15.9 Å². The summed E-state index contributed by atoms with van der Waals surface area (Å²) in [5, 5.41) is 0. The first-order valence-electron chi connectivity index (χ1n) is 7.19. The van der Waals surface area contributed by atoms with E-state index in [0.717, 1.165) is 15.8 Å². The highest BCUT2D eigenvalue weighted by Gasteiger charge is 2.12. The number of benzene rings is 2. The van der Waals surface area contributed by atoms with E-state index in [4.69, 9.17) is 9.47 Å². The fourth-order valence-corrected chi connectivity index (χ4v) is 2.39. The van der Waals surface area contributed by atoms with Crippen molar-refractivity contribution in [2.24, 2.45) is 0 Å². The van der Waals surface area contributed by atoms with Crippen molar-refractivity contribution < 1.29 is 14.3 Å². The maximum Gasteiger partial charge on any atom is 0.310 e. The molecular weight excluding hydrogens is 344 g/mol. The molecule has 0 N–H and O–H groups in total. The number of aryl methyl sites for hydroxylation is 2. The van der Waals surface area contributed by atoms with Crippen molar-refractivity contribution in [3.8, 4) is 11.5 Å². The molecule has 2 rings (SSSR count). The highest BCUT2D eigenvalue weighted by atomic mass is 79.9. The Kier molecular flexibility index (Phi) is 5.61. The van der Waals surface area contributed by atoms with Crippen LogP contribution < -0.4 is 9.47 Å². The summed E-state index contributed by atoms with van der Waals surface area (Å²) in [4.78, 5) is 11.5. The Labute approximate surface area is 139 Å². The lowest BCUT2D eigenvalue weighted by Gasteiger charge is -2.13. The van der Waals surface area contributed by atoms with E-state index in [-0.39, 0.29) is 5.97 Å². The number of ether oxygens (including phenoxy) is 2. The molecule has 3 nitrogen and oxygen atoms in total. The van der Waals surface area contributed by atoms with Crippen LogP contribution in [0.4, 0.5) is 0 Å². The van der Waals surface area contributed by atoms with Gasteiger partial charge in [0.25, 0.3) is 0 Å². The lowest BCUT2D eigenvalue weighted by Crippen LogP contribution is -2.09. The minimum Gasteiger partial charge on any atom is -0.489 e. The van der Waals surface area contributed by atoms with Gasteiger partial charge in [0.1, 0.15) is 18.1 Å². The van der Waals surface area contributed by atoms with Gasteiger partial charge in [-0.3, -0.25) is 4.79 Å². The van der Waals surface area contributed by atoms with Crippen molar-refractivity contribution in [3.05, 3.63) is 57.6 Å². The summed E-state index contributed by atoms with van der Waals surface area (Å²) in [6.07, 6.45) is 0.337. The van der Waals surface area contributed by atoms with Gasteiger partial charge in [-0.1, -0.05) is 35.0 Å². The molecule has 116 valence electrons. The van der Waals surface area contributed by atoms with Gasteiger partial charge in [0, 0.05) is 16.5 Å². The molecule has 0 aliphatic rings. The summed E-state index contributed by atoms with van der Waals surface area (Å²) < 4.78 is 12.1. The molecule has 0 fully saturated rings. The summed E-state index contributed by atoms with van der Waals surface area (Å²) in [5.41, 5.74) is 3.23. The molecule has 0 saturated heterocycles. The van der Waals surface area contributed by atoms with Crippen LogP contribution in [-0.4, -0.2) is 5.97 Å². The maximum atomic E-state index is 11.5. The molecule has 0 saturated carbocycles. The molecule has 2 aromatic rings. The van der Waals surface area contributed by atoms with Crippen molar-refractivity contribution in [2.75, 3.05) is 0 Å². The molecule has 2 aromatic carbocycles. The van der Waals surface area contributed by atoms with Crippen LogP contribution in [0.2, 0.25) is 0 Å². The zero-order valence-electron chi connectivity index (χ0n) is 13.0. The van der Waals surface area contributed by atoms with Gasteiger partial charge in [0.15, 0.2) is 0 Å². The Morgan fingerprint density at radius 2 is 1.91 bits per heavy atom. The molecule has 0 radical (unpaired) electrons. The summed E-state index contributed by atoms with van der Waals surface area (Å²) in [7, 11) is 0. The largest absolute Gasteiger partial charge is 0.489 e. The van der Waals surface area contributed by atoms with E-state index in [2.05, 4.69) is 29.8 Å². The van der Waals surface area contributed by atoms with Crippen LogP contribution in [0.5, 0.6) is 11.5 Å². The number of rotatable bonds is 5. The van der Waals surface area contributed by atoms with Gasteiger partial charge in [-0.2, -0.15) is 0 Å². The molecule has 0 aromatic heterocycles. The van der Waals surface area contributed by atoms with Gasteiger partial charge in [0.2, 0.25) is 0 Å². The monoisotopic (exact) mass is 362 g/mol. The fraction of sp³-hybridized carbons (Fsp3) is 0.278. The van der Waals surface area contributed by atoms with Gasteiger partial charge in [-0.15, -0.1) is 0 Å². The van der Waals surface area contributed by atoms with Crippen LogP contribution in [0.15, 0.2) is 40.9 Å². The van der Waals surface area contributed by atoms with E-state index in [1.54, 1.807) is 13.0 Å². The lowest BCUT2D eigenvalue weighted by atomic mass is 10.1. The quantitative estimate of drug-likeness (QED) is 0.556. The fourth-order valence-electron chi connectivity index (χ4n) is 1.93. The average molecular weight is 363 g/mol. The summed E-state index contributed by atoms with van der Waals surface area (Å²) >= 11 is 3.49. The second-order valence-corrected chi connectivity index (χ2v) is 5.93. The number of halogens is 1. The van der Waals surface area contributed by atoms with Crippen LogP contribution in [0, 0.1) is 13.8 Å². The molecule has 4 heteroatoms. The van der Waals surface area contributed by atoms with Gasteiger partial charge in [-0.05, 0) is 49.2 Å². The third-order valence-electron chi connectivity index (χ3n) is 3.45. The maximum absolute atomic E-state index is 11.5. The molecule has 0 heterocycles. The van der Waals surface area contributed by atoms with E-state index in [1.165, 1.54) is 11.1 Å². The zero-order chi connectivity index (χ0) is 16.1. The molecule has 0 aliphatic carbocycles. The van der Waals surface area contributed by atoms with Gasteiger partial charge in [0.05, 0.1) is 0 Å². The Morgan fingerprint density at radius 3 is 2.59 bits per heavy atom. The molecular formula is C18H19BrO3. The number of carbonyl (C=O) groups excluding carboxylic acids is 1. The first-order valence-corrected chi connectivity index (χ1v) is 7.98. The number of hydrogen-bond donors (Lipinski definition) is 0. The van der Waals surface area contributed by atoms with Gasteiger partial charge >= 0.3 is 5.97 Å². The Balaban J connectivity index is 2.17. The van der Waals surface area contributed by atoms with E-state index in [9.17, 15) is 4.79 Å². The second-order valence-electron chi connectivity index (χ2n) is 5.08. The minimum atomic E-state index is -0.259. The van der Waals surface area contributed by atoms with Crippen LogP contribution in [0.3, 0.4) is 0 Å².